The standard InChI is InChI=1S/C7H7NOS/c9-7-3-1-2-6-4-5-10-8(6)7/h1-3H,4-5H2. The number of aromatic nitrogens is 1. The fraction of sp³-hybridized carbons (Fsp3) is 0.286. The molecule has 0 saturated carbocycles. The third-order valence-corrected chi connectivity index (χ3v) is 2.63. The summed E-state index contributed by atoms with van der Waals surface area (Å²) in [5, 5.41) is 0. The van der Waals surface area contributed by atoms with Gasteiger partial charge in [0.05, 0.1) is 0 Å². The van der Waals surface area contributed by atoms with Crippen LogP contribution in [-0.2, 0) is 6.42 Å². The Balaban J connectivity index is 2.70. The summed E-state index contributed by atoms with van der Waals surface area (Å²) in [5.41, 5.74) is 1.26. The number of rotatable bonds is 0. The lowest BCUT2D eigenvalue weighted by molar-refractivity contribution is 1.03. The SMILES string of the molecule is O=c1cccc2n1SCC2. The molecule has 3 heteroatoms. The van der Waals surface area contributed by atoms with E-state index < -0.39 is 0 Å². The van der Waals surface area contributed by atoms with Crippen molar-refractivity contribution in [3.05, 3.63) is 34.2 Å². The summed E-state index contributed by atoms with van der Waals surface area (Å²) < 4.78 is 1.76. The summed E-state index contributed by atoms with van der Waals surface area (Å²) in [6.07, 6.45) is 1.03. The quantitative estimate of drug-likeness (QED) is 0.552. The first-order chi connectivity index (χ1) is 4.88. The van der Waals surface area contributed by atoms with Crippen LogP contribution in [-0.4, -0.2) is 9.73 Å². The zero-order valence-electron chi connectivity index (χ0n) is 5.41. The minimum Gasteiger partial charge on any atom is -0.268 e. The summed E-state index contributed by atoms with van der Waals surface area (Å²) in [6.45, 7) is 0. The van der Waals surface area contributed by atoms with Gasteiger partial charge in [-0.15, -0.1) is 0 Å². The average Bonchev–Trinajstić information content (AvgIpc) is 2.36. The number of hydrogen-bond donors (Lipinski definition) is 0. The van der Waals surface area contributed by atoms with Crippen LogP contribution in [0.1, 0.15) is 5.69 Å². The van der Waals surface area contributed by atoms with Gasteiger partial charge in [0.15, 0.2) is 0 Å². The molecule has 2 rings (SSSR count). The minimum absolute atomic E-state index is 0.111. The van der Waals surface area contributed by atoms with E-state index in [4.69, 9.17) is 0 Å². The molecule has 0 aliphatic carbocycles. The molecule has 0 saturated heterocycles. The van der Waals surface area contributed by atoms with Gasteiger partial charge in [-0.3, -0.25) is 8.77 Å². The van der Waals surface area contributed by atoms with Gasteiger partial charge in [0.25, 0.3) is 5.56 Å². The Labute approximate surface area is 63.0 Å². The molecule has 0 unspecified atom stereocenters. The average molecular weight is 153 g/mol. The minimum atomic E-state index is 0.111. The van der Waals surface area contributed by atoms with Crippen LogP contribution in [0.15, 0.2) is 23.0 Å². The van der Waals surface area contributed by atoms with Crippen LogP contribution in [0, 0.1) is 0 Å². The van der Waals surface area contributed by atoms with E-state index in [1.807, 2.05) is 12.1 Å². The van der Waals surface area contributed by atoms with E-state index >= 15 is 0 Å². The van der Waals surface area contributed by atoms with Crippen molar-refractivity contribution in [3.8, 4) is 0 Å². The van der Waals surface area contributed by atoms with Crippen LogP contribution in [0.3, 0.4) is 0 Å². The Morgan fingerprint density at radius 3 is 3.20 bits per heavy atom. The van der Waals surface area contributed by atoms with Crippen LogP contribution in [0.5, 0.6) is 0 Å². The van der Waals surface area contributed by atoms with Gasteiger partial charge in [-0.1, -0.05) is 6.07 Å². The van der Waals surface area contributed by atoms with E-state index in [-0.39, 0.29) is 5.56 Å². The van der Waals surface area contributed by atoms with Gasteiger partial charge in [-0.05, 0) is 24.4 Å². The Bertz CT molecular complexity index is 305. The molecule has 1 aromatic rings. The molecule has 0 atom stereocenters. The van der Waals surface area contributed by atoms with Crippen LogP contribution >= 0.6 is 11.9 Å². The highest BCUT2D eigenvalue weighted by Crippen LogP contribution is 2.17. The van der Waals surface area contributed by atoms with E-state index in [0.717, 1.165) is 17.9 Å². The largest absolute Gasteiger partial charge is 0.268 e. The first-order valence-corrected chi connectivity index (χ1v) is 4.16. The van der Waals surface area contributed by atoms with E-state index in [0.29, 0.717) is 0 Å². The molecular weight excluding hydrogens is 146 g/mol. The highest BCUT2D eigenvalue weighted by atomic mass is 32.2. The molecule has 0 fully saturated rings. The Morgan fingerprint density at radius 1 is 1.50 bits per heavy atom. The molecule has 0 bridgehead atoms. The number of hydrogen-bond acceptors (Lipinski definition) is 2. The second kappa shape index (κ2) is 2.16. The smallest absolute Gasteiger partial charge is 0.260 e. The number of pyridine rings is 1. The lowest BCUT2D eigenvalue weighted by atomic mass is 10.3. The van der Waals surface area contributed by atoms with Crippen molar-refractivity contribution in [1.29, 1.82) is 0 Å². The molecule has 0 radical (unpaired) electrons. The topological polar surface area (TPSA) is 22.0 Å². The third-order valence-electron chi connectivity index (χ3n) is 1.57. The first-order valence-electron chi connectivity index (χ1n) is 3.22. The van der Waals surface area contributed by atoms with Gasteiger partial charge in [0, 0.05) is 17.5 Å². The maximum atomic E-state index is 11.1. The van der Waals surface area contributed by atoms with Gasteiger partial charge in [0.1, 0.15) is 0 Å². The normalized spacial score (nSPS) is 15.2. The lowest BCUT2D eigenvalue weighted by Crippen LogP contribution is -2.12. The molecule has 2 heterocycles. The molecule has 2 nitrogen and oxygen atoms in total. The van der Waals surface area contributed by atoms with Gasteiger partial charge in [-0.25, -0.2) is 0 Å². The van der Waals surface area contributed by atoms with E-state index in [1.54, 1.807) is 22.0 Å². The van der Waals surface area contributed by atoms with Crippen molar-refractivity contribution in [2.75, 3.05) is 5.75 Å². The fourth-order valence-corrected chi connectivity index (χ4v) is 2.08. The van der Waals surface area contributed by atoms with Gasteiger partial charge < -0.3 is 0 Å². The van der Waals surface area contributed by atoms with Crippen LogP contribution < -0.4 is 5.56 Å². The van der Waals surface area contributed by atoms with E-state index in [1.165, 1.54) is 0 Å². The molecule has 1 aromatic heterocycles. The van der Waals surface area contributed by atoms with Gasteiger partial charge >= 0.3 is 0 Å². The zero-order chi connectivity index (χ0) is 6.97. The predicted octanol–water partition coefficient (Wildman–Crippen LogP) is 0.901. The Kier molecular flexibility index (Phi) is 1.31. The second-order valence-corrected chi connectivity index (χ2v) is 3.26. The summed E-state index contributed by atoms with van der Waals surface area (Å²) >= 11 is 1.60. The molecular formula is C7H7NOS. The maximum absolute atomic E-state index is 11.1. The predicted molar refractivity (Wildman–Crippen MR) is 42.3 cm³/mol. The highest BCUT2D eigenvalue weighted by molar-refractivity contribution is 7.98. The number of fused-ring (bicyclic) bond motifs is 1. The van der Waals surface area contributed by atoms with Gasteiger partial charge in [-0.2, -0.15) is 0 Å². The van der Waals surface area contributed by atoms with Crippen molar-refractivity contribution in [1.82, 2.24) is 3.97 Å². The summed E-state index contributed by atoms with van der Waals surface area (Å²) in [6, 6.07) is 5.42. The van der Waals surface area contributed by atoms with Crippen molar-refractivity contribution in [2.24, 2.45) is 0 Å². The van der Waals surface area contributed by atoms with Crippen LogP contribution in [0.4, 0.5) is 0 Å². The molecule has 52 valence electrons. The van der Waals surface area contributed by atoms with E-state index in [9.17, 15) is 4.79 Å². The zero-order valence-corrected chi connectivity index (χ0v) is 6.23. The monoisotopic (exact) mass is 153 g/mol. The van der Waals surface area contributed by atoms with E-state index in [2.05, 4.69) is 0 Å². The van der Waals surface area contributed by atoms with Crippen molar-refractivity contribution in [2.45, 2.75) is 6.42 Å². The van der Waals surface area contributed by atoms with Crippen molar-refractivity contribution < 1.29 is 0 Å². The molecule has 1 aliphatic heterocycles. The first kappa shape index (κ1) is 6.04. The van der Waals surface area contributed by atoms with Gasteiger partial charge in [0.2, 0.25) is 0 Å². The Morgan fingerprint density at radius 2 is 2.40 bits per heavy atom. The second-order valence-electron chi connectivity index (χ2n) is 2.23. The van der Waals surface area contributed by atoms with Crippen LogP contribution in [0.25, 0.3) is 0 Å². The molecule has 10 heavy (non-hydrogen) atoms. The summed E-state index contributed by atoms with van der Waals surface area (Å²) in [7, 11) is 0. The number of aryl methyl sites for hydroxylation is 1. The van der Waals surface area contributed by atoms with Crippen LogP contribution in [0.2, 0.25) is 0 Å². The summed E-state index contributed by atoms with van der Waals surface area (Å²) in [5.74, 6) is 1.04. The molecule has 0 amide bonds. The van der Waals surface area contributed by atoms with Crippen molar-refractivity contribution >= 4 is 11.9 Å². The van der Waals surface area contributed by atoms with Crippen molar-refractivity contribution in [3.63, 3.8) is 0 Å². The lowest BCUT2D eigenvalue weighted by Gasteiger charge is -1.96. The number of nitrogens with zero attached hydrogens (tertiary/aromatic N) is 1. The third kappa shape index (κ3) is 0.778. The maximum Gasteiger partial charge on any atom is 0.260 e. The molecule has 0 spiro atoms. The fourth-order valence-electron chi connectivity index (χ4n) is 1.09. The molecule has 0 aromatic carbocycles. The molecule has 0 N–H and O–H groups in total. The molecule has 1 aliphatic rings. The summed E-state index contributed by atoms with van der Waals surface area (Å²) in [4.78, 5) is 11.1. The highest BCUT2D eigenvalue weighted by Gasteiger charge is 2.09. The Hall–Kier alpha value is -0.700.